The number of nitrogens with one attached hydrogen (secondary N) is 1. The average molecular weight is 250 g/mol. The maximum Gasteiger partial charge on any atom is 0.241 e. The van der Waals surface area contributed by atoms with Crippen molar-refractivity contribution in [1.82, 2.24) is 4.90 Å². The lowest BCUT2D eigenvalue weighted by atomic mass is 10.2. The Morgan fingerprint density at radius 2 is 2.06 bits per heavy atom. The minimum absolute atomic E-state index is 0.0130. The number of rotatable bonds is 7. The Kier molecular flexibility index (Phi) is 6.39. The SMILES string of the molecule is CCN(CCCO)C(C)C(=O)Nc1ccccc1. The topological polar surface area (TPSA) is 52.6 Å². The first kappa shape index (κ1) is 14.7. The summed E-state index contributed by atoms with van der Waals surface area (Å²) in [5, 5.41) is 11.7. The highest BCUT2D eigenvalue weighted by atomic mass is 16.3. The third kappa shape index (κ3) is 4.47. The molecule has 4 nitrogen and oxygen atoms in total. The zero-order valence-electron chi connectivity index (χ0n) is 11.1. The summed E-state index contributed by atoms with van der Waals surface area (Å²) < 4.78 is 0. The summed E-state index contributed by atoms with van der Waals surface area (Å²) in [6.07, 6.45) is 0.691. The third-order valence-corrected chi connectivity index (χ3v) is 2.98. The average Bonchev–Trinajstić information content (AvgIpc) is 2.40. The predicted octanol–water partition coefficient (Wildman–Crippen LogP) is 1.72. The molecule has 0 spiro atoms. The van der Waals surface area contributed by atoms with E-state index in [9.17, 15) is 4.79 Å². The summed E-state index contributed by atoms with van der Waals surface area (Å²) in [6, 6.07) is 9.25. The summed E-state index contributed by atoms with van der Waals surface area (Å²) >= 11 is 0. The van der Waals surface area contributed by atoms with Crippen molar-refractivity contribution in [3.8, 4) is 0 Å². The van der Waals surface area contributed by atoms with Gasteiger partial charge in [0.2, 0.25) is 5.91 Å². The van der Waals surface area contributed by atoms with E-state index in [0.717, 1.165) is 18.8 Å². The molecule has 0 saturated heterocycles. The van der Waals surface area contributed by atoms with Gasteiger partial charge in [0.15, 0.2) is 0 Å². The first-order chi connectivity index (χ1) is 8.69. The molecule has 18 heavy (non-hydrogen) atoms. The molecule has 4 heteroatoms. The van der Waals surface area contributed by atoms with E-state index in [1.165, 1.54) is 0 Å². The molecule has 0 heterocycles. The van der Waals surface area contributed by atoms with Crippen molar-refractivity contribution in [2.45, 2.75) is 26.3 Å². The Bertz CT molecular complexity index is 354. The Labute approximate surface area is 109 Å². The number of benzene rings is 1. The second kappa shape index (κ2) is 7.84. The van der Waals surface area contributed by atoms with Crippen molar-refractivity contribution in [3.63, 3.8) is 0 Å². The van der Waals surface area contributed by atoms with Crippen LogP contribution in [0.4, 0.5) is 5.69 Å². The van der Waals surface area contributed by atoms with E-state index in [0.29, 0.717) is 6.42 Å². The maximum atomic E-state index is 12.1. The first-order valence-corrected chi connectivity index (χ1v) is 6.39. The Morgan fingerprint density at radius 1 is 1.39 bits per heavy atom. The van der Waals surface area contributed by atoms with E-state index in [-0.39, 0.29) is 18.6 Å². The molecule has 2 N–H and O–H groups in total. The molecule has 1 unspecified atom stereocenters. The Hall–Kier alpha value is -1.39. The number of hydrogen-bond donors (Lipinski definition) is 2. The number of anilines is 1. The number of carbonyl (C=O) groups excluding carboxylic acids is 1. The van der Waals surface area contributed by atoms with Gasteiger partial charge in [-0.25, -0.2) is 0 Å². The second-order valence-electron chi connectivity index (χ2n) is 4.24. The summed E-state index contributed by atoms with van der Waals surface area (Å²) in [5.41, 5.74) is 0.813. The van der Waals surface area contributed by atoms with Crippen LogP contribution in [-0.2, 0) is 4.79 Å². The smallest absolute Gasteiger partial charge is 0.241 e. The Morgan fingerprint density at radius 3 is 2.61 bits per heavy atom. The lowest BCUT2D eigenvalue weighted by molar-refractivity contribution is -0.120. The minimum atomic E-state index is -0.193. The number of aliphatic hydroxyl groups excluding tert-OH is 1. The van der Waals surface area contributed by atoms with Crippen LogP contribution in [0.25, 0.3) is 0 Å². The molecule has 0 aliphatic heterocycles. The van der Waals surface area contributed by atoms with Crippen LogP contribution in [0.3, 0.4) is 0 Å². The summed E-state index contributed by atoms with van der Waals surface area (Å²) in [4.78, 5) is 14.1. The summed E-state index contributed by atoms with van der Waals surface area (Å²) in [5.74, 6) is -0.0130. The number of hydrogen-bond acceptors (Lipinski definition) is 3. The van der Waals surface area contributed by atoms with Gasteiger partial charge in [0, 0.05) is 18.8 Å². The fourth-order valence-corrected chi connectivity index (χ4v) is 1.83. The molecular formula is C14H22N2O2. The van der Waals surface area contributed by atoms with Crippen LogP contribution in [0.2, 0.25) is 0 Å². The first-order valence-electron chi connectivity index (χ1n) is 6.39. The van der Waals surface area contributed by atoms with Crippen LogP contribution < -0.4 is 5.32 Å². The highest BCUT2D eigenvalue weighted by Gasteiger charge is 2.19. The summed E-state index contributed by atoms with van der Waals surface area (Å²) in [7, 11) is 0. The number of likely N-dealkylation sites (N-methyl/N-ethyl adjacent to an activating group) is 1. The van der Waals surface area contributed by atoms with Gasteiger partial charge in [-0.15, -0.1) is 0 Å². The van der Waals surface area contributed by atoms with Crippen LogP contribution in [0, 0.1) is 0 Å². The highest BCUT2D eigenvalue weighted by Crippen LogP contribution is 2.08. The molecule has 0 aliphatic rings. The van der Waals surface area contributed by atoms with E-state index < -0.39 is 0 Å². The van der Waals surface area contributed by atoms with E-state index in [1.54, 1.807) is 0 Å². The van der Waals surface area contributed by atoms with Gasteiger partial charge in [-0.1, -0.05) is 25.1 Å². The van der Waals surface area contributed by atoms with Crippen molar-refractivity contribution < 1.29 is 9.90 Å². The molecule has 1 rings (SSSR count). The molecule has 0 radical (unpaired) electrons. The molecule has 0 saturated carbocycles. The maximum absolute atomic E-state index is 12.1. The molecule has 1 amide bonds. The molecule has 1 aromatic rings. The lowest BCUT2D eigenvalue weighted by Crippen LogP contribution is -2.42. The van der Waals surface area contributed by atoms with Gasteiger partial charge in [-0.3, -0.25) is 9.69 Å². The number of amides is 1. The number of carbonyl (C=O) groups is 1. The van der Waals surface area contributed by atoms with Crippen LogP contribution in [0.15, 0.2) is 30.3 Å². The van der Waals surface area contributed by atoms with Crippen LogP contribution in [0.5, 0.6) is 0 Å². The quantitative estimate of drug-likeness (QED) is 0.774. The van der Waals surface area contributed by atoms with Gasteiger partial charge in [0.05, 0.1) is 6.04 Å². The molecule has 0 aliphatic carbocycles. The van der Waals surface area contributed by atoms with Crippen LogP contribution >= 0.6 is 0 Å². The zero-order chi connectivity index (χ0) is 13.4. The van der Waals surface area contributed by atoms with Gasteiger partial charge < -0.3 is 10.4 Å². The van der Waals surface area contributed by atoms with Crippen LogP contribution in [-0.4, -0.2) is 41.7 Å². The minimum Gasteiger partial charge on any atom is -0.396 e. The molecule has 100 valence electrons. The normalized spacial score (nSPS) is 12.4. The second-order valence-corrected chi connectivity index (χ2v) is 4.24. The van der Waals surface area contributed by atoms with Crippen molar-refractivity contribution in [2.24, 2.45) is 0 Å². The van der Waals surface area contributed by atoms with Gasteiger partial charge in [0.1, 0.15) is 0 Å². The van der Waals surface area contributed by atoms with Gasteiger partial charge in [0.25, 0.3) is 0 Å². The molecule has 0 aromatic heterocycles. The molecular weight excluding hydrogens is 228 g/mol. The van der Waals surface area contributed by atoms with E-state index in [2.05, 4.69) is 10.2 Å². The van der Waals surface area contributed by atoms with Crippen LogP contribution in [0.1, 0.15) is 20.3 Å². The number of para-hydroxylation sites is 1. The third-order valence-electron chi connectivity index (χ3n) is 2.98. The van der Waals surface area contributed by atoms with E-state index in [4.69, 9.17) is 5.11 Å². The number of aliphatic hydroxyl groups is 1. The van der Waals surface area contributed by atoms with E-state index in [1.807, 2.05) is 44.2 Å². The van der Waals surface area contributed by atoms with Gasteiger partial charge in [-0.05, 0) is 32.0 Å². The highest BCUT2D eigenvalue weighted by molar-refractivity contribution is 5.94. The largest absolute Gasteiger partial charge is 0.396 e. The van der Waals surface area contributed by atoms with Crippen molar-refractivity contribution in [3.05, 3.63) is 30.3 Å². The fraction of sp³-hybridized carbons (Fsp3) is 0.500. The van der Waals surface area contributed by atoms with Gasteiger partial charge >= 0.3 is 0 Å². The fourth-order valence-electron chi connectivity index (χ4n) is 1.83. The lowest BCUT2D eigenvalue weighted by Gasteiger charge is -2.26. The standard InChI is InChI=1S/C14H22N2O2/c1-3-16(10-7-11-17)12(2)14(18)15-13-8-5-4-6-9-13/h4-6,8-9,12,17H,3,7,10-11H2,1-2H3,(H,15,18). The van der Waals surface area contributed by atoms with Gasteiger partial charge in [-0.2, -0.15) is 0 Å². The predicted molar refractivity (Wildman–Crippen MR) is 73.5 cm³/mol. The van der Waals surface area contributed by atoms with Crippen molar-refractivity contribution in [2.75, 3.05) is 25.0 Å². The molecule has 1 atom stereocenters. The zero-order valence-corrected chi connectivity index (χ0v) is 11.1. The summed E-state index contributed by atoms with van der Waals surface area (Å²) in [6.45, 7) is 5.59. The molecule has 0 fully saturated rings. The monoisotopic (exact) mass is 250 g/mol. The molecule has 1 aromatic carbocycles. The Balaban J connectivity index is 2.54. The van der Waals surface area contributed by atoms with E-state index >= 15 is 0 Å². The van der Waals surface area contributed by atoms with Crippen molar-refractivity contribution >= 4 is 11.6 Å². The molecule has 0 bridgehead atoms. The number of nitrogens with zero attached hydrogens (tertiary/aromatic N) is 1. The van der Waals surface area contributed by atoms with Crippen molar-refractivity contribution in [1.29, 1.82) is 0 Å².